The van der Waals surface area contributed by atoms with Crippen molar-refractivity contribution in [3.05, 3.63) is 23.9 Å². The van der Waals surface area contributed by atoms with Crippen molar-refractivity contribution < 1.29 is 17.9 Å². The number of likely N-dealkylation sites (tertiary alicyclic amines) is 1. The number of aryl methyl sites for hydroxylation is 1. The van der Waals surface area contributed by atoms with Gasteiger partial charge in [0.2, 0.25) is 0 Å². The number of alkyl halides is 3. The summed E-state index contributed by atoms with van der Waals surface area (Å²) in [5.74, 6) is 1.14. The molecule has 10 heteroatoms. The number of ether oxygens (including phenoxy) is 1. The number of nitriles is 1. The van der Waals surface area contributed by atoms with Crippen LogP contribution < -0.4 is 9.78 Å². The van der Waals surface area contributed by atoms with Crippen LogP contribution in [0.25, 0.3) is 5.52 Å². The van der Waals surface area contributed by atoms with Crippen LogP contribution in [0, 0.1) is 24.2 Å². The Morgan fingerprint density at radius 3 is 2.79 bits per heavy atom. The number of nitrogens with one attached hydrogen (secondary N) is 1. The fourth-order valence-corrected chi connectivity index (χ4v) is 6.01. The third-order valence-corrected chi connectivity index (χ3v) is 8.34. The Bertz CT molecular complexity index is 1010. The Kier molecular flexibility index (Phi) is 4.20. The second kappa shape index (κ2) is 6.35. The maximum atomic E-state index is 13.0. The van der Waals surface area contributed by atoms with Crippen LogP contribution in [0.15, 0.2) is 18.2 Å². The quantitative estimate of drug-likeness (QED) is 0.689. The zero-order valence-electron chi connectivity index (χ0n) is 15.8. The number of anilines is 1. The molecule has 1 N–H and O–H groups in total. The van der Waals surface area contributed by atoms with Gasteiger partial charge in [0.1, 0.15) is 0 Å². The molecule has 1 aliphatic carbocycles. The van der Waals surface area contributed by atoms with Gasteiger partial charge in [0.05, 0.1) is 0 Å². The van der Waals surface area contributed by atoms with Gasteiger partial charge in [-0.05, 0) is 0 Å². The van der Waals surface area contributed by atoms with Gasteiger partial charge in [-0.1, -0.05) is 0 Å². The molecule has 2 atom stereocenters. The Morgan fingerprint density at radius 2 is 2.17 bits per heavy atom. The minimum absolute atomic E-state index is 0.0682. The molecule has 0 aromatic carbocycles. The maximum absolute atomic E-state index is 13.0. The molecule has 3 fully saturated rings. The van der Waals surface area contributed by atoms with Crippen molar-refractivity contribution in [1.82, 2.24) is 14.5 Å². The van der Waals surface area contributed by atoms with Crippen LogP contribution in [0.4, 0.5) is 19.0 Å². The normalized spacial score (nSPS) is 28.4. The van der Waals surface area contributed by atoms with Gasteiger partial charge in [-0.15, -0.1) is 0 Å². The third-order valence-electron chi connectivity index (χ3n) is 6.37. The van der Waals surface area contributed by atoms with Crippen LogP contribution >= 0.6 is 0 Å². The van der Waals surface area contributed by atoms with Crippen molar-refractivity contribution in [3.63, 3.8) is 0 Å². The molecule has 0 bridgehead atoms. The van der Waals surface area contributed by atoms with Crippen LogP contribution in [-0.4, -0.2) is 71.9 Å². The average molecular weight is 470 g/mol. The van der Waals surface area contributed by atoms with Crippen LogP contribution in [0.5, 0.6) is 0 Å². The fraction of sp³-hybridized carbons (Fsp3) is 0.579. The SMILES string of the molecule is Cc1nn2c(NC34CCN(C5(C#N)COC5)CC3C4)cccc2c1[Se]C(F)(F)F. The van der Waals surface area contributed by atoms with Crippen molar-refractivity contribution in [2.75, 3.05) is 31.6 Å². The van der Waals surface area contributed by atoms with Crippen molar-refractivity contribution in [3.8, 4) is 6.07 Å². The minimum atomic E-state index is -4.21. The number of nitrogens with zero attached hydrogens (tertiary/aromatic N) is 4. The van der Waals surface area contributed by atoms with Gasteiger partial charge in [-0.2, -0.15) is 0 Å². The monoisotopic (exact) mass is 471 g/mol. The first-order valence-corrected chi connectivity index (χ1v) is 11.2. The first kappa shape index (κ1) is 19.2. The zero-order chi connectivity index (χ0) is 20.4. The molecule has 2 aromatic heterocycles. The summed E-state index contributed by atoms with van der Waals surface area (Å²) in [5.41, 5.74) is 0.395. The van der Waals surface area contributed by atoms with E-state index >= 15 is 0 Å². The summed E-state index contributed by atoms with van der Waals surface area (Å²) in [5, 5.41) is 13.3. The standard InChI is InChI=1S/C19H20F3N5OSe/c1-12-16(29-19(20,21)22)14-3-2-4-15(27(14)25-12)24-18-5-6-26(8-13(18)7-18)17(9-23)10-28-11-17/h2-4,13,24H,5-8,10-11H2,1H3. The first-order valence-electron chi connectivity index (χ1n) is 9.52. The fourth-order valence-electron chi connectivity index (χ4n) is 4.59. The summed E-state index contributed by atoms with van der Waals surface area (Å²) >= 11 is -1.63. The molecule has 29 heavy (non-hydrogen) atoms. The molecule has 154 valence electrons. The molecule has 2 unspecified atom stereocenters. The van der Waals surface area contributed by atoms with E-state index in [4.69, 9.17) is 4.74 Å². The Morgan fingerprint density at radius 1 is 1.38 bits per heavy atom. The number of fused-ring (bicyclic) bond motifs is 2. The average Bonchev–Trinajstić information content (AvgIpc) is 3.24. The van der Waals surface area contributed by atoms with Crippen molar-refractivity contribution in [1.29, 1.82) is 5.26 Å². The van der Waals surface area contributed by atoms with E-state index in [2.05, 4.69) is 21.4 Å². The van der Waals surface area contributed by atoms with Gasteiger partial charge in [0.15, 0.2) is 0 Å². The number of piperidine rings is 1. The van der Waals surface area contributed by atoms with E-state index in [-0.39, 0.29) is 10.0 Å². The van der Waals surface area contributed by atoms with Crippen molar-refractivity contribution in [2.24, 2.45) is 5.92 Å². The van der Waals surface area contributed by atoms with Crippen LogP contribution in [0.2, 0.25) is 0 Å². The second-order valence-electron chi connectivity index (χ2n) is 8.18. The molecule has 0 amide bonds. The first-order chi connectivity index (χ1) is 13.8. The van der Waals surface area contributed by atoms with E-state index < -0.39 is 25.6 Å². The molecule has 6 nitrogen and oxygen atoms in total. The van der Waals surface area contributed by atoms with Crippen LogP contribution in [0.3, 0.4) is 0 Å². The molecule has 2 aromatic rings. The number of hydrogen-bond donors (Lipinski definition) is 1. The zero-order valence-corrected chi connectivity index (χ0v) is 17.5. The third kappa shape index (κ3) is 3.12. The summed E-state index contributed by atoms with van der Waals surface area (Å²) in [4.78, 5) is 2.23. The predicted molar refractivity (Wildman–Crippen MR) is 101 cm³/mol. The second-order valence-corrected chi connectivity index (χ2v) is 10.4. The molecule has 3 aliphatic rings. The van der Waals surface area contributed by atoms with Crippen molar-refractivity contribution in [2.45, 2.75) is 35.9 Å². The van der Waals surface area contributed by atoms with Gasteiger partial charge in [-0.3, -0.25) is 0 Å². The number of pyridine rings is 1. The molecule has 4 heterocycles. The van der Waals surface area contributed by atoms with E-state index in [1.54, 1.807) is 23.6 Å². The van der Waals surface area contributed by atoms with Gasteiger partial charge < -0.3 is 0 Å². The molecule has 0 spiro atoms. The molecule has 1 saturated carbocycles. The summed E-state index contributed by atoms with van der Waals surface area (Å²) in [6.45, 7) is 4.20. The predicted octanol–water partition coefficient (Wildman–Crippen LogP) is 1.66. The number of halogens is 3. The molecule has 2 saturated heterocycles. The van der Waals surface area contributed by atoms with Crippen LogP contribution in [-0.2, 0) is 4.74 Å². The molecule has 5 rings (SSSR count). The number of aromatic nitrogens is 2. The number of hydrogen-bond acceptors (Lipinski definition) is 5. The molecular formula is C19H20F3N5OSe. The number of rotatable bonds is 4. The summed E-state index contributed by atoms with van der Waals surface area (Å²) in [6.07, 6.45) is 1.87. The van der Waals surface area contributed by atoms with Crippen LogP contribution in [0.1, 0.15) is 18.5 Å². The topological polar surface area (TPSA) is 65.6 Å². The Balaban J connectivity index is 1.37. The van der Waals surface area contributed by atoms with E-state index in [9.17, 15) is 18.4 Å². The molecule has 2 aliphatic heterocycles. The summed E-state index contributed by atoms with van der Waals surface area (Å²) in [7, 11) is 0. The van der Waals surface area contributed by atoms with E-state index in [0.717, 1.165) is 31.7 Å². The Labute approximate surface area is 172 Å². The van der Waals surface area contributed by atoms with E-state index in [0.29, 0.717) is 30.3 Å². The van der Waals surface area contributed by atoms with Gasteiger partial charge >= 0.3 is 172 Å². The van der Waals surface area contributed by atoms with Gasteiger partial charge in [-0.25, -0.2) is 0 Å². The van der Waals surface area contributed by atoms with Gasteiger partial charge in [0, 0.05) is 0 Å². The van der Waals surface area contributed by atoms with E-state index in [1.807, 2.05) is 6.07 Å². The summed E-state index contributed by atoms with van der Waals surface area (Å²) < 4.78 is 46.2. The van der Waals surface area contributed by atoms with Crippen molar-refractivity contribution >= 4 is 30.8 Å². The molecular weight excluding hydrogens is 450 g/mol. The summed E-state index contributed by atoms with van der Waals surface area (Å²) in [6, 6.07) is 7.77. The van der Waals surface area contributed by atoms with Gasteiger partial charge in [0.25, 0.3) is 0 Å². The molecule has 0 radical (unpaired) electrons. The Hall–Kier alpha value is -1.79. The van der Waals surface area contributed by atoms with E-state index in [1.165, 1.54) is 0 Å².